The van der Waals surface area contributed by atoms with Gasteiger partial charge in [-0.2, -0.15) is 0 Å². The Bertz CT molecular complexity index is 2130. The number of oxazole rings is 1. The summed E-state index contributed by atoms with van der Waals surface area (Å²) in [7, 11) is 0. The summed E-state index contributed by atoms with van der Waals surface area (Å²) in [4.78, 5) is 14.8. The van der Waals surface area contributed by atoms with Crippen molar-refractivity contribution in [3.05, 3.63) is 140 Å². The molecule has 0 aliphatic carbocycles. The molecule has 2 heterocycles. The van der Waals surface area contributed by atoms with E-state index in [0.717, 1.165) is 66.3 Å². The summed E-state index contributed by atoms with van der Waals surface area (Å²) in [6.45, 7) is 0. The molecule has 8 rings (SSSR count). The molecule has 0 fully saturated rings. The molecule has 41 heavy (non-hydrogen) atoms. The summed E-state index contributed by atoms with van der Waals surface area (Å²) in [6, 6.07) is 47.5. The van der Waals surface area contributed by atoms with Gasteiger partial charge < -0.3 is 4.42 Å². The van der Waals surface area contributed by atoms with E-state index in [9.17, 15) is 0 Å². The molecule has 0 amide bonds. The number of aromatic nitrogens is 3. The molecule has 4 heteroatoms. The second kappa shape index (κ2) is 9.54. The van der Waals surface area contributed by atoms with Crippen LogP contribution in [0.2, 0.25) is 0 Å². The third-order valence-corrected chi connectivity index (χ3v) is 7.50. The minimum Gasteiger partial charge on any atom is -0.435 e. The Labute approximate surface area is 236 Å². The van der Waals surface area contributed by atoms with E-state index in [1.165, 1.54) is 0 Å². The Kier molecular flexibility index (Phi) is 5.42. The maximum absolute atomic E-state index is 6.38. The minimum atomic E-state index is 0.626. The Balaban J connectivity index is 1.31. The van der Waals surface area contributed by atoms with Crippen molar-refractivity contribution in [2.75, 3.05) is 0 Å². The average molecular weight is 526 g/mol. The van der Waals surface area contributed by atoms with Gasteiger partial charge >= 0.3 is 0 Å². The maximum atomic E-state index is 6.38. The van der Waals surface area contributed by atoms with Crippen LogP contribution in [0.25, 0.3) is 78.0 Å². The van der Waals surface area contributed by atoms with Gasteiger partial charge in [0.1, 0.15) is 5.52 Å². The van der Waals surface area contributed by atoms with E-state index in [-0.39, 0.29) is 0 Å². The van der Waals surface area contributed by atoms with Crippen LogP contribution in [0.4, 0.5) is 0 Å². The monoisotopic (exact) mass is 525 g/mol. The highest BCUT2D eigenvalue weighted by molar-refractivity contribution is 6.18. The van der Waals surface area contributed by atoms with Crippen molar-refractivity contribution in [1.29, 1.82) is 0 Å². The quantitative estimate of drug-likeness (QED) is 0.215. The summed E-state index contributed by atoms with van der Waals surface area (Å²) < 4.78 is 6.38. The van der Waals surface area contributed by atoms with Gasteiger partial charge in [0.25, 0.3) is 0 Å². The predicted molar refractivity (Wildman–Crippen MR) is 166 cm³/mol. The van der Waals surface area contributed by atoms with Crippen molar-refractivity contribution in [2.45, 2.75) is 0 Å². The topological polar surface area (TPSA) is 51.8 Å². The lowest BCUT2D eigenvalue weighted by molar-refractivity contribution is 0.623. The lowest BCUT2D eigenvalue weighted by atomic mass is 9.99. The zero-order valence-corrected chi connectivity index (χ0v) is 22.0. The number of hydrogen-bond acceptors (Lipinski definition) is 4. The first-order chi connectivity index (χ1) is 20.3. The van der Waals surface area contributed by atoms with Crippen LogP contribution < -0.4 is 0 Å². The molecule has 192 valence electrons. The fourth-order valence-corrected chi connectivity index (χ4v) is 5.46. The average Bonchev–Trinajstić information content (AvgIpc) is 3.50. The SMILES string of the molecule is c1ccc(-c2cc(-c3ccccc3)nc(-c3ccc4c(ccc5ccc6nc(-c7ccccc7)oc6c54)c3)n2)cc1. The van der Waals surface area contributed by atoms with Crippen molar-refractivity contribution >= 4 is 32.6 Å². The van der Waals surface area contributed by atoms with Gasteiger partial charge in [-0.1, -0.05) is 109 Å². The largest absolute Gasteiger partial charge is 0.435 e. The molecule has 0 atom stereocenters. The molecule has 0 bridgehead atoms. The molecule has 0 spiro atoms. The predicted octanol–water partition coefficient (Wildman–Crippen LogP) is 9.59. The Morgan fingerprint density at radius 2 is 1.02 bits per heavy atom. The molecule has 0 aliphatic rings. The Hall–Kier alpha value is -5.61. The van der Waals surface area contributed by atoms with E-state index >= 15 is 0 Å². The van der Waals surface area contributed by atoms with Gasteiger partial charge in [-0.25, -0.2) is 15.0 Å². The number of fused-ring (bicyclic) bond motifs is 5. The number of hydrogen-bond donors (Lipinski definition) is 0. The van der Waals surface area contributed by atoms with E-state index in [1.54, 1.807) is 0 Å². The standard InChI is InChI=1S/C37H23N3O/c1-4-10-24(11-5-1)32-23-33(25-12-6-2-7-13-25)39-36(38-32)29-18-20-30-28(22-29)17-16-26-19-21-31-35(34(26)30)41-37(40-31)27-14-8-3-9-15-27/h1-23H. The van der Waals surface area contributed by atoms with Crippen molar-refractivity contribution in [2.24, 2.45) is 0 Å². The van der Waals surface area contributed by atoms with Crippen LogP contribution in [0, 0.1) is 0 Å². The molecule has 0 saturated heterocycles. The first-order valence-electron chi connectivity index (χ1n) is 13.6. The fourth-order valence-electron chi connectivity index (χ4n) is 5.46. The van der Waals surface area contributed by atoms with Gasteiger partial charge in [-0.05, 0) is 46.5 Å². The van der Waals surface area contributed by atoms with Gasteiger partial charge in [-0.3, -0.25) is 0 Å². The van der Waals surface area contributed by atoms with Gasteiger partial charge in [-0.15, -0.1) is 0 Å². The Morgan fingerprint density at radius 1 is 0.439 bits per heavy atom. The molecule has 0 aliphatic heterocycles. The molecule has 8 aromatic rings. The van der Waals surface area contributed by atoms with Crippen LogP contribution in [0.15, 0.2) is 144 Å². The van der Waals surface area contributed by atoms with Crippen molar-refractivity contribution in [1.82, 2.24) is 15.0 Å². The molecule has 0 N–H and O–H groups in total. The van der Waals surface area contributed by atoms with E-state index in [1.807, 2.05) is 72.8 Å². The summed E-state index contributed by atoms with van der Waals surface area (Å²) in [5.74, 6) is 1.32. The summed E-state index contributed by atoms with van der Waals surface area (Å²) in [6.07, 6.45) is 0. The molecular weight excluding hydrogens is 502 g/mol. The van der Waals surface area contributed by atoms with Gasteiger partial charge in [0.15, 0.2) is 11.4 Å². The highest BCUT2D eigenvalue weighted by Crippen LogP contribution is 2.36. The smallest absolute Gasteiger partial charge is 0.227 e. The van der Waals surface area contributed by atoms with Crippen LogP contribution in [-0.4, -0.2) is 15.0 Å². The molecule has 0 saturated carbocycles. The molecule has 6 aromatic carbocycles. The molecular formula is C37H23N3O. The number of nitrogens with zero attached hydrogens (tertiary/aromatic N) is 3. The van der Waals surface area contributed by atoms with Crippen LogP contribution >= 0.6 is 0 Å². The first kappa shape index (κ1) is 23.3. The Morgan fingerprint density at radius 3 is 1.68 bits per heavy atom. The van der Waals surface area contributed by atoms with E-state index in [2.05, 4.69) is 66.7 Å². The zero-order valence-electron chi connectivity index (χ0n) is 22.0. The second-order valence-electron chi connectivity index (χ2n) is 10.1. The van der Waals surface area contributed by atoms with Crippen molar-refractivity contribution in [3.63, 3.8) is 0 Å². The first-order valence-corrected chi connectivity index (χ1v) is 13.6. The third-order valence-electron chi connectivity index (χ3n) is 7.50. The highest BCUT2D eigenvalue weighted by atomic mass is 16.3. The lowest BCUT2D eigenvalue weighted by Gasteiger charge is -2.11. The second-order valence-corrected chi connectivity index (χ2v) is 10.1. The highest BCUT2D eigenvalue weighted by Gasteiger charge is 2.15. The normalized spacial score (nSPS) is 11.4. The van der Waals surface area contributed by atoms with E-state index in [4.69, 9.17) is 19.4 Å². The van der Waals surface area contributed by atoms with Gasteiger partial charge in [0.05, 0.1) is 11.4 Å². The third kappa shape index (κ3) is 4.14. The molecule has 0 unspecified atom stereocenters. The van der Waals surface area contributed by atoms with Gasteiger partial charge in [0, 0.05) is 27.6 Å². The lowest BCUT2D eigenvalue weighted by Crippen LogP contribution is -1.96. The zero-order chi connectivity index (χ0) is 27.2. The van der Waals surface area contributed by atoms with Crippen LogP contribution in [-0.2, 0) is 0 Å². The number of rotatable bonds is 4. The summed E-state index contributed by atoms with van der Waals surface area (Å²) in [5.41, 5.74) is 7.47. The summed E-state index contributed by atoms with van der Waals surface area (Å²) >= 11 is 0. The summed E-state index contributed by atoms with van der Waals surface area (Å²) in [5, 5.41) is 4.37. The van der Waals surface area contributed by atoms with Crippen LogP contribution in [0.1, 0.15) is 0 Å². The molecule has 4 nitrogen and oxygen atoms in total. The van der Waals surface area contributed by atoms with E-state index < -0.39 is 0 Å². The molecule has 0 radical (unpaired) electrons. The van der Waals surface area contributed by atoms with Crippen molar-refractivity contribution in [3.8, 4) is 45.4 Å². The van der Waals surface area contributed by atoms with Crippen LogP contribution in [0.5, 0.6) is 0 Å². The van der Waals surface area contributed by atoms with Crippen molar-refractivity contribution < 1.29 is 4.42 Å². The van der Waals surface area contributed by atoms with E-state index in [0.29, 0.717) is 11.7 Å². The van der Waals surface area contributed by atoms with Gasteiger partial charge in [0.2, 0.25) is 5.89 Å². The number of benzene rings is 6. The molecule has 2 aromatic heterocycles. The van der Waals surface area contributed by atoms with Crippen LogP contribution in [0.3, 0.4) is 0 Å². The minimum absolute atomic E-state index is 0.626. The fraction of sp³-hybridized carbons (Fsp3) is 0. The maximum Gasteiger partial charge on any atom is 0.227 e.